The van der Waals surface area contributed by atoms with Crippen LogP contribution in [0.25, 0.3) is 5.52 Å². The number of carboxylic acid groups (broad SMARTS) is 1. The highest BCUT2D eigenvalue weighted by Gasteiger charge is 2.22. The summed E-state index contributed by atoms with van der Waals surface area (Å²) in [6.07, 6.45) is 6.22. The summed E-state index contributed by atoms with van der Waals surface area (Å²) in [5.41, 5.74) is 0.946. The Labute approximate surface area is 103 Å². The number of amides is 1. The second-order valence-corrected chi connectivity index (χ2v) is 4.19. The monoisotopic (exact) mass is 247 g/mol. The third kappa shape index (κ3) is 1.73. The molecule has 0 atom stereocenters. The molecule has 0 bridgehead atoms. The highest BCUT2D eigenvalue weighted by atomic mass is 16.4. The molecule has 0 saturated carbocycles. The van der Waals surface area contributed by atoms with Gasteiger partial charge < -0.3 is 19.3 Å². The zero-order chi connectivity index (χ0) is 12.5. The van der Waals surface area contributed by atoms with E-state index in [2.05, 4.69) is 14.9 Å². The second kappa shape index (κ2) is 4.17. The van der Waals surface area contributed by atoms with E-state index in [1.807, 2.05) is 10.6 Å². The maximum Gasteiger partial charge on any atom is 0.407 e. The van der Waals surface area contributed by atoms with Crippen molar-refractivity contribution >= 4 is 17.4 Å². The van der Waals surface area contributed by atoms with E-state index in [1.54, 1.807) is 18.7 Å². The van der Waals surface area contributed by atoms with Gasteiger partial charge in [0.1, 0.15) is 11.8 Å². The molecule has 0 radical (unpaired) electrons. The van der Waals surface area contributed by atoms with Crippen LogP contribution in [-0.4, -0.2) is 56.6 Å². The van der Waals surface area contributed by atoms with Gasteiger partial charge in [-0.2, -0.15) is 0 Å². The van der Waals surface area contributed by atoms with Crippen molar-refractivity contribution in [1.29, 1.82) is 0 Å². The summed E-state index contributed by atoms with van der Waals surface area (Å²) in [5.74, 6) is 0.869. The fraction of sp³-hybridized carbons (Fsp3) is 0.364. The normalized spacial score (nSPS) is 16.2. The second-order valence-electron chi connectivity index (χ2n) is 4.19. The van der Waals surface area contributed by atoms with Crippen molar-refractivity contribution in [1.82, 2.24) is 19.3 Å². The van der Waals surface area contributed by atoms with Gasteiger partial charge in [-0.15, -0.1) is 0 Å². The average molecular weight is 247 g/mol. The standard InChI is InChI=1S/C11H13N5O2/c17-11(18)15-5-3-14(4-6-15)10-9-7-12-1-2-16(9)8-13-10/h1-2,7-8H,3-6H2,(H,17,18). The lowest BCUT2D eigenvalue weighted by Gasteiger charge is -2.33. The summed E-state index contributed by atoms with van der Waals surface area (Å²) in [5, 5.41) is 8.90. The van der Waals surface area contributed by atoms with Crippen LogP contribution in [0.4, 0.5) is 10.6 Å². The lowest BCUT2D eigenvalue weighted by Crippen LogP contribution is -2.48. The molecule has 2 aromatic rings. The number of anilines is 1. The van der Waals surface area contributed by atoms with Crippen LogP contribution in [0.5, 0.6) is 0 Å². The van der Waals surface area contributed by atoms with Gasteiger partial charge in [0.15, 0.2) is 5.82 Å². The third-order valence-electron chi connectivity index (χ3n) is 3.17. The number of hydrogen-bond acceptors (Lipinski definition) is 4. The molecule has 1 aliphatic heterocycles. The Morgan fingerprint density at radius 1 is 1.28 bits per heavy atom. The number of imidazole rings is 1. The van der Waals surface area contributed by atoms with Crippen LogP contribution in [0.3, 0.4) is 0 Å². The minimum Gasteiger partial charge on any atom is -0.465 e. The molecule has 1 amide bonds. The minimum atomic E-state index is -0.856. The van der Waals surface area contributed by atoms with Gasteiger partial charge in [0.25, 0.3) is 0 Å². The van der Waals surface area contributed by atoms with E-state index in [4.69, 9.17) is 5.11 Å². The number of hydrogen-bond donors (Lipinski definition) is 1. The number of piperazine rings is 1. The molecule has 1 N–H and O–H groups in total. The number of nitrogens with zero attached hydrogens (tertiary/aromatic N) is 5. The Hall–Kier alpha value is -2.31. The smallest absolute Gasteiger partial charge is 0.407 e. The number of fused-ring (bicyclic) bond motifs is 1. The van der Waals surface area contributed by atoms with E-state index in [1.165, 1.54) is 4.90 Å². The van der Waals surface area contributed by atoms with Crippen molar-refractivity contribution in [3.05, 3.63) is 24.9 Å². The SMILES string of the molecule is O=C(O)N1CCN(c2ncn3ccncc23)CC1. The molecule has 7 nitrogen and oxygen atoms in total. The van der Waals surface area contributed by atoms with Gasteiger partial charge in [0.2, 0.25) is 0 Å². The largest absolute Gasteiger partial charge is 0.465 e. The molecule has 1 aliphatic rings. The molecule has 1 saturated heterocycles. The summed E-state index contributed by atoms with van der Waals surface area (Å²) in [6, 6.07) is 0. The van der Waals surface area contributed by atoms with Crippen LogP contribution in [-0.2, 0) is 0 Å². The number of carbonyl (C=O) groups is 1. The fourth-order valence-electron chi connectivity index (χ4n) is 2.18. The Morgan fingerprint density at radius 3 is 2.78 bits per heavy atom. The molecule has 0 aliphatic carbocycles. The molecule has 0 unspecified atom stereocenters. The van der Waals surface area contributed by atoms with E-state index in [0.29, 0.717) is 26.2 Å². The molecule has 1 fully saturated rings. The van der Waals surface area contributed by atoms with Gasteiger partial charge >= 0.3 is 6.09 Å². The van der Waals surface area contributed by atoms with Crippen molar-refractivity contribution in [3.8, 4) is 0 Å². The van der Waals surface area contributed by atoms with Crippen LogP contribution >= 0.6 is 0 Å². The molecule has 7 heteroatoms. The Kier molecular flexibility index (Phi) is 2.51. The van der Waals surface area contributed by atoms with Crippen LogP contribution in [0.2, 0.25) is 0 Å². The molecule has 18 heavy (non-hydrogen) atoms. The van der Waals surface area contributed by atoms with Crippen molar-refractivity contribution in [2.75, 3.05) is 31.1 Å². The highest BCUT2D eigenvalue weighted by molar-refractivity contribution is 5.69. The van der Waals surface area contributed by atoms with Gasteiger partial charge in [-0.25, -0.2) is 9.78 Å². The summed E-state index contributed by atoms with van der Waals surface area (Å²) in [6.45, 7) is 2.34. The molecule has 94 valence electrons. The van der Waals surface area contributed by atoms with Crippen molar-refractivity contribution < 1.29 is 9.90 Å². The van der Waals surface area contributed by atoms with Gasteiger partial charge in [-0.3, -0.25) is 4.98 Å². The van der Waals surface area contributed by atoms with Gasteiger partial charge in [0, 0.05) is 38.6 Å². The summed E-state index contributed by atoms with van der Waals surface area (Å²) in [4.78, 5) is 22.8. The van der Waals surface area contributed by atoms with Crippen LogP contribution < -0.4 is 4.90 Å². The van der Waals surface area contributed by atoms with E-state index < -0.39 is 6.09 Å². The van der Waals surface area contributed by atoms with E-state index in [-0.39, 0.29) is 0 Å². The first-order valence-electron chi connectivity index (χ1n) is 5.75. The lowest BCUT2D eigenvalue weighted by molar-refractivity contribution is 0.142. The predicted octanol–water partition coefficient (Wildman–Crippen LogP) is 0.529. The first-order valence-corrected chi connectivity index (χ1v) is 5.75. The molecular formula is C11H13N5O2. The first kappa shape index (κ1) is 10.8. The molecule has 2 aromatic heterocycles. The minimum absolute atomic E-state index is 0.509. The molecule has 3 heterocycles. The number of rotatable bonds is 1. The maximum absolute atomic E-state index is 10.8. The zero-order valence-corrected chi connectivity index (χ0v) is 9.73. The van der Waals surface area contributed by atoms with Crippen LogP contribution in [0.15, 0.2) is 24.9 Å². The zero-order valence-electron chi connectivity index (χ0n) is 9.73. The van der Waals surface area contributed by atoms with E-state index in [9.17, 15) is 4.79 Å². The Morgan fingerprint density at radius 2 is 2.06 bits per heavy atom. The van der Waals surface area contributed by atoms with Crippen LogP contribution in [0.1, 0.15) is 0 Å². The quantitative estimate of drug-likeness (QED) is 0.795. The van der Waals surface area contributed by atoms with Crippen LogP contribution in [0, 0.1) is 0 Å². The van der Waals surface area contributed by atoms with Gasteiger partial charge in [-0.05, 0) is 0 Å². The van der Waals surface area contributed by atoms with E-state index >= 15 is 0 Å². The lowest BCUT2D eigenvalue weighted by atomic mass is 10.3. The first-order chi connectivity index (χ1) is 8.75. The Bertz CT molecular complexity index is 574. The molecular weight excluding hydrogens is 234 g/mol. The topological polar surface area (TPSA) is 74.0 Å². The fourth-order valence-corrected chi connectivity index (χ4v) is 2.18. The molecule has 0 aromatic carbocycles. The van der Waals surface area contributed by atoms with Crippen molar-refractivity contribution in [3.63, 3.8) is 0 Å². The third-order valence-corrected chi connectivity index (χ3v) is 3.17. The van der Waals surface area contributed by atoms with Crippen molar-refractivity contribution in [2.24, 2.45) is 0 Å². The summed E-state index contributed by atoms with van der Waals surface area (Å²) >= 11 is 0. The van der Waals surface area contributed by atoms with Crippen molar-refractivity contribution in [2.45, 2.75) is 0 Å². The maximum atomic E-state index is 10.8. The van der Waals surface area contributed by atoms with E-state index in [0.717, 1.165) is 11.3 Å². The average Bonchev–Trinajstić information content (AvgIpc) is 2.82. The molecule has 3 rings (SSSR count). The summed E-state index contributed by atoms with van der Waals surface area (Å²) < 4.78 is 1.91. The molecule has 0 spiro atoms. The summed E-state index contributed by atoms with van der Waals surface area (Å²) in [7, 11) is 0. The highest BCUT2D eigenvalue weighted by Crippen LogP contribution is 2.20. The van der Waals surface area contributed by atoms with Gasteiger partial charge in [0.05, 0.1) is 6.20 Å². The predicted molar refractivity (Wildman–Crippen MR) is 64.8 cm³/mol. The number of aromatic nitrogens is 3. The van der Waals surface area contributed by atoms with Gasteiger partial charge in [-0.1, -0.05) is 0 Å². The Balaban J connectivity index is 1.82.